The molecule has 0 aromatic carbocycles. The summed E-state index contributed by atoms with van der Waals surface area (Å²) in [6, 6.07) is 3.81. The molecule has 1 saturated heterocycles. The standard InChI is InChI=1S/C14H22N2O2/c1-11(17)13-4-3-7-15-14(13)16(2)10-12-5-8-18-9-6-12/h3-4,7,11-12,17H,5-6,8-10H2,1-2H3/t11-/m0/s1. The zero-order valence-electron chi connectivity index (χ0n) is 11.2. The lowest BCUT2D eigenvalue weighted by molar-refractivity contribution is 0.0684. The van der Waals surface area contributed by atoms with Crippen LogP contribution in [0.5, 0.6) is 0 Å². The lowest BCUT2D eigenvalue weighted by Gasteiger charge is -2.29. The highest BCUT2D eigenvalue weighted by atomic mass is 16.5. The number of pyridine rings is 1. The summed E-state index contributed by atoms with van der Waals surface area (Å²) >= 11 is 0. The Labute approximate surface area is 109 Å². The van der Waals surface area contributed by atoms with E-state index in [1.165, 1.54) is 0 Å². The van der Waals surface area contributed by atoms with Crippen LogP contribution < -0.4 is 4.90 Å². The van der Waals surface area contributed by atoms with Gasteiger partial charge in [0.1, 0.15) is 5.82 Å². The van der Waals surface area contributed by atoms with Gasteiger partial charge in [0, 0.05) is 38.6 Å². The van der Waals surface area contributed by atoms with Gasteiger partial charge in [-0.05, 0) is 31.7 Å². The van der Waals surface area contributed by atoms with Gasteiger partial charge < -0.3 is 14.7 Å². The van der Waals surface area contributed by atoms with E-state index in [-0.39, 0.29) is 0 Å². The van der Waals surface area contributed by atoms with E-state index in [0.29, 0.717) is 5.92 Å². The molecule has 1 N–H and O–H groups in total. The Balaban J connectivity index is 2.05. The van der Waals surface area contributed by atoms with Crippen molar-refractivity contribution in [3.8, 4) is 0 Å². The van der Waals surface area contributed by atoms with E-state index < -0.39 is 6.10 Å². The Morgan fingerprint density at radius 2 is 2.22 bits per heavy atom. The van der Waals surface area contributed by atoms with Crippen molar-refractivity contribution in [2.24, 2.45) is 5.92 Å². The Hall–Kier alpha value is -1.13. The van der Waals surface area contributed by atoms with Crippen LogP contribution in [0, 0.1) is 5.92 Å². The molecule has 0 saturated carbocycles. The molecule has 18 heavy (non-hydrogen) atoms. The van der Waals surface area contributed by atoms with Crippen molar-refractivity contribution in [1.29, 1.82) is 0 Å². The molecule has 100 valence electrons. The van der Waals surface area contributed by atoms with Crippen molar-refractivity contribution in [1.82, 2.24) is 4.98 Å². The smallest absolute Gasteiger partial charge is 0.134 e. The molecule has 2 rings (SSSR count). The second-order valence-corrected chi connectivity index (χ2v) is 5.03. The molecule has 0 radical (unpaired) electrons. The predicted molar refractivity (Wildman–Crippen MR) is 71.7 cm³/mol. The van der Waals surface area contributed by atoms with Gasteiger partial charge in [-0.25, -0.2) is 4.98 Å². The summed E-state index contributed by atoms with van der Waals surface area (Å²) in [7, 11) is 2.05. The Kier molecular flexibility index (Phi) is 4.55. The van der Waals surface area contributed by atoms with Crippen molar-refractivity contribution in [3.05, 3.63) is 23.9 Å². The molecule has 1 aliphatic rings. The summed E-state index contributed by atoms with van der Waals surface area (Å²) in [5.74, 6) is 1.55. The normalized spacial score (nSPS) is 18.6. The Morgan fingerprint density at radius 3 is 2.89 bits per heavy atom. The molecule has 2 heterocycles. The number of hydrogen-bond donors (Lipinski definition) is 1. The average Bonchev–Trinajstić information content (AvgIpc) is 2.40. The van der Waals surface area contributed by atoms with Gasteiger partial charge in [-0.3, -0.25) is 0 Å². The maximum Gasteiger partial charge on any atom is 0.134 e. The van der Waals surface area contributed by atoms with E-state index in [1.54, 1.807) is 13.1 Å². The van der Waals surface area contributed by atoms with Crippen LogP contribution in [0.25, 0.3) is 0 Å². The average molecular weight is 250 g/mol. The Morgan fingerprint density at radius 1 is 1.50 bits per heavy atom. The highest BCUT2D eigenvalue weighted by molar-refractivity contribution is 5.47. The number of rotatable bonds is 4. The SMILES string of the molecule is C[C@H](O)c1cccnc1N(C)CC1CCOCC1. The fourth-order valence-electron chi connectivity index (χ4n) is 2.46. The van der Waals surface area contributed by atoms with Gasteiger partial charge in [-0.2, -0.15) is 0 Å². The number of aliphatic hydroxyl groups is 1. The minimum absolute atomic E-state index is 0.481. The number of aliphatic hydroxyl groups excluding tert-OH is 1. The van der Waals surface area contributed by atoms with Gasteiger partial charge >= 0.3 is 0 Å². The lowest BCUT2D eigenvalue weighted by Crippen LogP contribution is -2.30. The van der Waals surface area contributed by atoms with E-state index >= 15 is 0 Å². The summed E-state index contributed by atoms with van der Waals surface area (Å²) in [6.07, 6.45) is 3.52. The monoisotopic (exact) mass is 250 g/mol. The third-order valence-corrected chi connectivity index (χ3v) is 3.50. The maximum absolute atomic E-state index is 9.77. The molecule has 1 atom stereocenters. The zero-order valence-corrected chi connectivity index (χ0v) is 11.2. The maximum atomic E-state index is 9.77. The molecule has 0 aliphatic carbocycles. The van der Waals surface area contributed by atoms with Crippen LogP contribution in [0.1, 0.15) is 31.4 Å². The first-order chi connectivity index (χ1) is 8.68. The van der Waals surface area contributed by atoms with E-state index in [9.17, 15) is 5.11 Å². The predicted octanol–water partition coefficient (Wildman–Crippen LogP) is 2.00. The lowest BCUT2D eigenvalue weighted by atomic mass is 9.99. The molecule has 4 nitrogen and oxygen atoms in total. The van der Waals surface area contributed by atoms with E-state index in [1.807, 2.05) is 19.2 Å². The van der Waals surface area contributed by atoms with Crippen molar-refractivity contribution in [3.63, 3.8) is 0 Å². The van der Waals surface area contributed by atoms with Gasteiger partial charge in [0.05, 0.1) is 6.10 Å². The minimum atomic E-state index is -0.481. The molecular formula is C14H22N2O2. The fourth-order valence-corrected chi connectivity index (χ4v) is 2.46. The highest BCUT2D eigenvalue weighted by Gasteiger charge is 2.19. The first-order valence-electron chi connectivity index (χ1n) is 6.60. The topological polar surface area (TPSA) is 45.6 Å². The molecule has 0 spiro atoms. The highest BCUT2D eigenvalue weighted by Crippen LogP contribution is 2.25. The molecule has 1 fully saturated rings. The molecule has 1 aliphatic heterocycles. The molecule has 0 bridgehead atoms. The molecule has 4 heteroatoms. The van der Waals surface area contributed by atoms with E-state index in [2.05, 4.69) is 9.88 Å². The zero-order chi connectivity index (χ0) is 13.0. The van der Waals surface area contributed by atoms with E-state index in [4.69, 9.17) is 4.74 Å². The molecule has 1 aromatic rings. The van der Waals surface area contributed by atoms with Gasteiger partial charge in [-0.1, -0.05) is 6.07 Å². The molecule has 1 aromatic heterocycles. The first kappa shape index (κ1) is 13.3. The van der Waals surface area contributed by atoms with Crippen molar-refractivity contribution in [2.75, 3.05) is 31.7 Å². The summed E-state index contributed by atoms with van der Waals surface area (Å²) in [4.78, 5) is 6.55. The van der Waals surface area contributed by atoms with Crippen LogP contribution in [0.2, 0.25) is 0 Å². The molecule has 0 unspecified atom stereocenters. The van der Waals surface area contributed by atoms with Gasteiger partial charge in [0.15, 0.2) is 0 Å². The third kappa shape index (κ3) is 3.21. The van der Waals surface area contributed by atoms with Crippen molar-refractivity contribution < 1.29 is 9.84 Å². The van der Waals surface area contributed by atoms with Crippen molar-refractivity contribution >= 4 is 5.82 Å². The second-order valence-electron chi connectivity index (χ2n) is 5.03. The fraction of sp³-hybridized carbons (Fsp3) is 0.643. The van der Waals surface area contributed by atoms with Crippen LogP contribution in [-0.4, -0.2) is 36.9 Å². The summed E-state index contributed by atoms with van der Waals surface area (Å²) in [6.45, 7) is 4.48. The third-order valence-electron chi connectivity index (χ3n) is 3.50. The number of anilines is 1. The second kappa shape index (κ2) is 6.16. The first-order valence-corrected chi connectivity index (χ1v) is 6.60. The van der Waals surface area contributed by atoms with Gasteiger partial charge in [0.2, 0.25) is 0 Å². The summed E-state index contributed by atoms with van der Waals surface area (Å²) in [5.41, 5.74) is 0.895. The summed E-state index contributed by atoms with van der Waals surface area (Å²) < 4.78 is 5.37. The summed E-state index contributed by atoms with van der Waals surface area (Å²) in [5, 5.41) is 9.77. The van der Waals surface area contributed by atoms with Crippen LogP contribution in [0.4, 0.5) is 5.82 Å². The largest absolute Gasteiger partial charge is 0.389 e. The Bertz CT molecular complexity index is 376. The van der Waals surface area contributed by atoms with Crippen LogP contribution in [0.3, 0.4) is 0 Å². The van der Waals surface area contributed by atoms with Crippen molar-refractivity contribution in [2.45, 2.75) is 25.9 Å². The van der Waals surface area contributed by atoms with Gasteiger partial charge in [-0.15, -0.1) is 0 Å². The number of ether oxygens (including phenoxy) is 1. The molecule has 0 amide bonds. The minimum Gasteiger partial charge on any atom is -0.389 e. The van der Waals surface area contributed by atoms with Gasteiger partial charge in [0.25, 0.3) is 0 Å². The quantitative estimate of drug-likeness (QED) is 0.887. The number of nitrogens with zero attached hydrogens (tertiary/aromatic N) is 2. The molecular weight excluding hydrogens is 228 g/mol. The number of aromatic nitrogens is 1. The van der Waals surface area contributed by atoms with Crippen LogP contribution >= 0.6 is 0 Å². The number of hydrogen-bond acceptors (Lipinski definition) is 4. The van der Waals surface area contributed by atoms with Crippen LogP contribution in [0.15, 0.2) is 18.3 Å². The van der Waals surface area contributed by atoms with E-state index in [0.717, 1.165) is 44.0 Å². The van der Waals surface area contributed by atoms with Crippen LogP contribution in [-0.2, 0) is 4.74 Å².